The molecule has 5 nitrogen and oxygen atoms in total. The SMILES string of the molecule is O=CC(C(=O)O)c1ccc(CC(=O)O)cc1. The van der Waals surface area contributed by atoms with E-state index in [9.17, 15) is 14.4 Å². The third-order valence-corrected chi connectivity index (χ3v) is 2.10. The van der Waals surface area contributed by atoms with Gasteiger partial charge in [0.1, 0.15) is 12.2 Å². The summed E-state index contributed by atoms with van der Waals surface area (Å²) in [6.07, 6.45) is 0.216. The Morgan fingerprint density at radius 2 is 1.75 bits per heavy atom. The van der Waals surface area contributed by atoms with Gasteiger partial charge in [0.2, 0.25) is 0 Å². The average molecular weight is 222 g/mol. The van der Waals surface area contributed by atoms with E-state index in [0.29, 0.717) is 17.4 Å². The summed E-state index contributed by atoms with van der Waals surface area (Å²) in [5.74, 6) is -3.38. The highest BCUT2D eigenvalue weighted by molar-refractivity contribution is 5.92. The molecule has 0 spiro atoms. The lowest BCUT2D eigenvalue weighted by Crippen LogP contribution is -2.12. The standard InChI is InChI=1S/C11H10O5/c12-6-9(11(15)16)8-3-1-7(2-4-8)5-10(13)14/h1-4,6,9H,5H2,(H,13,14)(H,15,16). The number of benzene rings is 1. The molecular weight excluding hydrogens is 212 g/mol. The molecular formula is C11H10O5. The van der Waals surface area contributed by atoms with Gasteiger partial charge < -0.3 is 15.0 Å². The first-order chi connectivity index (χ1) is 7.54. The fraction of sp³-hybridized carbons (Fsp3) is 0.182. The minimum atomic E-state index is -1.22. The first-order valence-electron chi connectivity index (χ1n) is 4.53. The molecule has 0 aliphatic carbocycles. The van der Waals surface area contributed by atoms with Crippen molar-refractivity contribution in [1.29, 1.82) is 0 Å². The highest BCUT2D eigenvalue weighted by Crippen LogP contribution is 2.15. The van der Waals surface area contributed by atoms with Gasteiger partial charge in [0.05, 0.1) is 6.42 Å². The topological polar surface area (TPSA) is 91.7 Å². The van der Waals surface area contributed by atoms with Crippen LogP contribution in [0, 0.1) is 0 Å². The molecule has 1 rings (SSSR count). The molecule has 1 atom stereocenters. The van der Waals surface area contributed by atoms with Crippen molar-refractivity contribution in [2.24, 2.45) is 0 Å². The van der Waals surface area contributed by atoms with Crippen molar-refractivity contribution in [3.8, 4) is 0 Å². The van der Waals surface area contributed by atoms with Crippen LogP contribution in [0.4, 0.5) is 0 Å². The lowest BCUT2D eigenvalue weighted by molar-refractivity contribution is -0.140. The molecule has 0 amide bonds. The summed E-state index contributed by atoms with van der Waals surface area (Å²) in [7, 11) is 0. The van der Waals surface area contributed by atoms with E-state index in [1.165, 1.54) is 24.3 Å². The maximum atomic E-state index is 10.7. The predicted octanol–water partition coefficient (Wildman–Crippen LogP) is 0.681. The van der Waals surface area contributed by atoms with Crippen molar-refractivity contribution >= 4 is 18.2 Å². The first kappa shape index (κ1) is 11.9. The minimum Gasteiger partial charge on any atom is -0.481 e. The largest absolute Gasteiger partial charge is 0.481 e. The van der Waals surface area contributed by atoms with Crippen LogP contribution in [-0.2, 0) is 20.8 Å². The van der Waals surface area contributed by atoms with Crippen LogP contribution in [-0.4, -0.2) is 28.4 Å². The Labute approximate surface area is 91.3 Å². The molecule has 5 heteroatoms. The highest BCUT2D eigenvalue weighted by atomic mass is 16.4. The number of hydrogen-bond acceptors (Lipinski definition) is 3. The zero-order valence-electron chi connectivity index (χ0n) is 8.29. The molecule has 0 saturated carbocycles. The summed E-state index contributed by atoms with van der Waals surface area (Å²) < 4.78 is 0. The summed E-state index contributed by atoms with van der Waals surface area (Å²) >= 11 is 0. The summed E-state index contributed by atoms with van der Waals surface area (Å²) in [5.41, 5.74) is 0.905. The van der Waals surface area contributed by atoms with Crippen molar-refractivity contribution in [2.75, 3.05) is 0 Å². The Morgan fingerprint density at radius 1 is 1.19 bits per heavy atom. The first-order valence-corrected chi connectivity index (χ1v) is 4.53. The molecule has 0 aliphatic rings. The number of hydrogen-bond donors (Lipinski definition) is 2. The molecule has 0 fully saturated rings. The number of carbonyl (C=O) groups is 3. The van der Waals surface area contributed by atoms with Gasteiger partial charge in [-0.2, -0.15) is 0 Å². The van der Waals surface area contributed by atoms with Crippen molar-refractivity contribution in [1.82, 2.24) is 0 Å². The van der Waals surface area contributed by atoms with Crippen LogP contribution in [0.1, 0.15) is 17.0 Å². The van der Waals surface area contributed by atoms with Crippen LogP contribution in [0.15, 0.2) is 24.3 Å². The third kappa shape index (κ3) is 2.91. The quantitative estimate of drug-likeness (QED) is 0.564. The summed E-state index contributed by atoms with van der Waals surface area (Å²) in [4.78, 5) is 31.6. The van der Waals surface area contributed by atoms with Crippen LogP contribution in [0.2, 0.25) is 0 Å². The maximum absolute atomic E-state index is 10.7. The van der Waals surface area contributed by atoms with E-state index in [1.54, 1.807) is 0 Å². The Hall–Kier alpha value is -2.17. The van der Waals surface area contributed by atoms with Crippen LogP contribution in [0.25, 0.3) is 0 Å². The van der Waals surface area contributed by atoms with Gasteiger partial charge in [0.15, 0.2) is 0 Å². The van der Waals surface area contributed by atoms with Crippen molar-refractivity contribution in [3.05, 3.63) is 35.4 Å². The van der Waals surface area contributed by atoms with E-state index in [-0.39, 0.29) is 6.42 Å². The van der Waals surface area contributed by atoms with Crippen LogP contribution in [0.5, 0.6) is 0 Å². The monoisotopic (exact) mass is 222 g/mol. The molecule has 1 aromatic rings. The lowest BCUT2D eigenvalue weighted by atomic mass is 9.99. The van der Waals surface area contributed by atoms with Crippen molar-refractivity contribution in [3.63, 3.8) is 0 Å². The summed E-state index contributed by atoms with van der Waals surface area (Å²) in [5, 5.41) is 17.2. The number of aliphatic carboxylic acids is 2. The molecule has 1 aromatic carbocycles. The molecule has 0 radical (unpaired) electrons. The van der Waals surface area contributed by atoms with E-state index >= 15 is 0 Å². The number of rotatable bonds is 5. The van der Waals surface area contributed by atoms with Crippen LogP contribution in [0.3, 0.4) is 0 Å². The molecule has 0 aliphatic heterocycles. The molecule has 0 aromatic heterocycles. The zero-order chi connectivity index (χ0) is 12.1. The minimum absolute atomic E-state index is 0.126. The van der Waals surface area contributed by atoms with E-state index in [4.69, 9.17) is 10.2 Å². The van der Waals surface area contributed by atoms with Gasteiger partial charge in [-0.15, -0.1) is 0 Å². The third-order valence-electron chi connectivity index (χ3n) is 2.10. The second-order valence-corrected chi connectivity index (χ2v) is 3.26. The van der Waals surface area contributed by atoms with Crippen molar-refractivity contribution in [2.45, 2.75) is 12.3 Å². The molecule has 2 N–H and O–H groups in total. The van der Waals surface area contributed by atoms with Gasteiger partial charge in [-0.25, -0.2) is 0 Å². The van der Waals surface area contributed by atoms with Gasteiger partial charge in [0, 0.05) is 0 Å². The van der Waals surface area contributed by atoms with Crippen LogP contribution >= 0.6 is 0 Å². The Bertz CT molecular complexity index is 407. The maximum Gasteiger partial charge on any atom is 0.318 e. The molecule has 1 unspecified atom stereocenters. The normalized spacial score (nSPS) is 11.8. The van der Waals surface area contributed by atoms with Gasteiger partial charge in [-0.1, -0.05) is 24.3 Å². The Morgan fingerprint density at radius 3 is 2.12 bits per heavy atom. The van der Waals surface area contributed by atoms with Gasteiger partial charge in [0.25, 0.3) is 0 Å². The van der Waals surface area contributed by atoms with Gasteiger partial charge in [-0.05, 0) is 11.1 Å². The van der Waals surface area contributed by atoms with Crippen LogP contribution < -0.4 is 0 Å². The van der Waals surface area contributed by atoms with Gasteiger partial charge in [-0.3, -0.25) is 9.59 Å². The second kappa shape index (κ2) is 5.06. The number of carboxylic acid groups (broad SMARTS) is 2. The average Bonchev–Trinajstić information content (AvgIpc) is 2.20. The predicted molar refractivity (Wildman–Crippen MR) is 54.2 cm³/mol. The second-order valence-electron chi connectivity index (χ2n) is 3.26. The molecule has 0 saturated heterocycles. The van der Waals surface area contributed by atoms with E-state index < -0.39 is 17.9 Å². The molecule has 0 heterocycles. The number of carboxylic acids is 2. The van der Waals surface area contributed by atoms with Gasteiger partial charge >= 0.3 is 11.9 Å². The number of carbonyl (C=O) groups excluding carboxylic acids is 1. The van der Waals surface area contributed by atoms with E-state index in [1.807, 2.05) is 0 Å². The fourth-order valence-electron chi connectivity index (χ4n) is 1.30. The zero-order valence-corrected chi connectivity index (χ0v) is 8.29. The molecule has 0 bridgehead atoms. The molecule has 84 valence electrons. The summed E-state index contributed by atoms with van der Waals surface area (Å²) in [6, 6.07) is 5.91. The Balaban J connectivity index is 2.89. The smallest absolute Gasteiger partial charge is 0.318 e. The van der Waals surface area contributed by atoms with E-state index in [0.717, 1.165) is 0 Å². The fourth-order valence-corrected chi connectivity index (χ4v) is 1.30. The van der Waals surface area contributed by atoms with E-state index in [2.05, 4.69) is 0 Å². The molecule has 16 heavy (non-hydrogen) atoms. The lowest BCUT2D eigenvalue weighted by Gasteiger charge is -2.05. The number of aldehydes is 1. The van der Waals surface area contributed by atoms with Crippen molar-refractivity contribution < 1.29 is 24.6 Å². The highest BCUT2D eigenvalue weighted by Gasteiger charge is 2.18. The summed E-state index contributed by atoms with van der Waals surface area (Å²) in [6.45, 7) is 0. The Kier molecular flexibility index (Phi) is 3.77.